The van der Waals surface area contributed by atoms with Crippen LogP contribution in [0.5, 0.6) is 0 Å². The predicted octanol–water partition coefficient (Wildman–Crippen LogP) is 8.72. The van der Waals surface area contributed by atoms with Gasteiger partial charge in [-0.05, 0) is 58.1 Å². The number of aliphatic hydroxyl groups excluding tert-OH is 1. The zero-order chi connectivity index (χ0) is 32.0. The third-order valence-electron chi connectivity index (χ3n) is 8.21. The molecule has 7 rings (SSSR count). The van der Waals surface area contributed by atoms with Crippen molar-refractivity contribution in [3.05, 3.63) is 155 Å². The number of nitrogens with zero attached hydrogens (tertiary/aromatic N) is 1. The first-order valence-electron chi connectivity index (χ1n) is 15.6. The molecule has 5 aromatic carbocycles. The molecule has 0 unspecified atom stereocenters. The molecule has 0 saturated carbocycles. The van der Waals surface area contributed by atoms with Gasteiger partial charge in [0.1, 0.15) is 0 Å². The number of hydrogen-bond donors (Lipinski definition) is 2. The zero-order valence-corrected chi connectivity index (χ0v) is 27.3. The van der Waals surface area contributed by atoms with E-state index in [1.165, 1.54) is 4.70 Å². The molecule has 1 fully saturated rings. The highest BCUT2D eigenvalue weighted by Gasteiger charge is 2.32. The second-order valence-electron chi connectivity index (χ2n) is 11.5. The number of fused-ring (bicyclic) bond motifs is 1. The van der Waals surface area contributed by atoms with Crippen molar-refractivity contribution in [2.45, 2.75) is 42.4 Å². The first-order chi connectivity index (χ1) is 23.1. The molecule has 8 heteroatoms. The Balaban J connectivity index is 1.06. The number of aromatic nitrogens is 1. The molecule has 6 nitrogen and oxygen atoms in total. The average molecular weight is 659 g/mol. The first-order valence-corrected chi connectivity index (χ1v) is 17.4. The topological polar surface area (TPSA) is 80.7 Å². The van der Waals surface area contributed by atoms with Crippen molar-refractivity contribution < 1.29 is 19.4 Å². The third kappa shape index (κ3) is 7.64. The van der Waals surface area contributed by atoms with Crippen molar-refractivity contribution in [2.24, 2.45) is 0 Å². The van der Waals surface area contributed by atoms with Crippen LogP contribution in [-0.2, 0) is 22.6 Å². The zero-order valence-electron chi connectivity index (χ0n) is 25.6. The number of rotatable bonds is 10. The molecule has 2 N–H and O–H groups in total. The summed E-state index contributed by atoms with van der Waals surface area (Å²) in [6, 6.07) is 42.0. The van der Waals surface area contributed by atoms with E-state index in [1.807, 2.05) is 84.9 Å². The Morgan fingerprint density at radius 3 is 2.36 bits per heavy atom. The number of carbonyl (C=O) groups excluding carboxylic acids is 1. The minimum absolute atomic E-state index is 0.0105. The van der Waals surface area contributed by atoms with Gasteiger partial charge in [0.15, 0.2) is 10.6 Å². The Kier molecular flexibility index (Phi) is 9.74. The van der Waals surface area contributed by atoms with E-state index in [9.17, 15) is 9.90 Å². The van der Waals surface area contributed by atoms with Crippen LogP contribution < -0.4 is 5.32 Å². The van der Waals surface area contributed by atoms with Gasteiger partial charge in [0.05, 0.1) is 29.0 Å². The number of aliphatic hydroxyl groups is 1. The molecule has 0 radical (unpaired) electrons. The number of thiazole rings is 1. The highest BCUT2D eigenvalue weighted by molar-refractivity contribution is 8.01. The lowest BCUT2D eigenvalue weighted by Gasteiger charge is -2.36. The summed E-state index contributed by atoms with van der Waals surface area (Å²) < 4.78 is 15.4. The normalized spacial score (nSPS) is 17.9. The Morgan fingerprint density at radius 1 is 0.809 bits per heavy atom. The van der Waals surface area contributed by atoms with Crippen LogP contribution in [0.15, 0.2) is 132 Å². The number of hydrogen-bond acceptors (Lipinski definition) is 7. The molecule has 2 heterocycles. The second kappa shape index (κ2) is 14.6. The largest absolute Gasteiger partial charge is 0.392 e. The van der Waals surface area contributed by atoms with E-state index in [4.69, 9.17) is 14.5 Å². The Bertz CT molecular complexity index is 1910. The smallest absolute Gasteiger partial charge is 0.251 e. The maximum atomic E-state index is 12.5. The first kappa shape index (κ1) is 31.3. The van der Waals surface area contributed by atoms with E-state index in [1.54, 1.807) is 23.1 Å². The summed E-state index contributed by atoms with van der Waals surface area (Å²) in [5, 5.41) is 12.6. The number of ether oxygens (including phenoxy) is 2. The standard InChI is InChI=1S/C39H34N2O4S2/c42-24-26-13-15-29(16-14-26)35-22-33(25-46-39-41-34-11-4-5-12-36(34)47-39)44-38(45-35)31-19-17-28(18-20-31)32-10-6-7-27(21-32)23-40-37(43)30-8-2-1-3-9-30/h1-21,33,35,38,42H,22-25H2,(H,40,43)/t33-,35+,38+/m0/s1. The van der Waals surface area contributed by atoms with Gasteiger partial charge in [0.25, 0.3) is 5.91 Å². The fraction of sp³-hybridized carbons (Fsp3) is 0.179. The molecule has 1 amide bonds. The van der Waals surface area contributed by atoms with Crippen molar-refractivity contribution >= 4 is 39.2 Å². The van der Waals surface area contributed by atoms with Crippen LogP contribution in [0.3, 0.4) is 0 Å². The Labute approximate surface area is 282 Å². The van der Waals surface area contributed by atoms with Gasteiger partial charge in [0.2, 0.25) is 0 Å². The third-order valence-corrected chi connectivity index (χ3v) is 10.5. The Hall–Kier alpha value is -4.31. The highest BCUT2D eigenvalue weighted by atomic mass is 32.2. The van der Waals surface area contributed by atoms with Gasteiger partial charge >= 0.3 is 0 Å². The minimum Gasteiger partial charge on any atom is -0.392 e. The highest BCUT2D eigenvalue weighted by Crippen LogP contribution is 2.40. The molecule has 1 aliphatic rings. The summed E-state index contributed by atoms with van der Waals surface area (Å²) in [6.45, 7) is 0.455. The van der Waals surface area contributed by atoms with Crippen LogP contribution in [0, 0.1) is 0 Å². The van der Waals surface area contributed by atoms with Gasteiger partial charge in [-0.3, -0.25) is 4.79 Å². The number of benzene rings is 5. The van der Waals surface area contributed by atoms with E-state index < -0.39 is 6.29 Å². The number of para-hydroxylation sites is 1. The molecular weight excluding hydrogens is 625 g/mol. The minimum atomic E-state index is -0.527. The lowest BCUT2D eigenvalue weighted by Crippen LogP contribution is -2.31. The van der Waals surface area contributed by atoms with Gasteiger partial charge < -0.3 is 19.9 Å². The fourth-order valence-corrected chi connectivity index (χ4v) is 7.78. The molecule has 236 valence electrons. The molecule has 1 aromatic heterocycles. The molecule has 3 atom stereocenters. The van der Waals surface area contributed by atoms with Crippen molar-refractivity contribution in [2.75, 3.05) is 5.75 Å². The monoisotopic (exact) mass is 658 g/mol. The van der Waals surface area contributed by atoms with Crippen LogP contribution in [0.2, 0.25) is 0 Å². The maximum Gasteiger partial charge on any atom is 0.251 e. The molecule has 6 aromatic rings. The predicted molar refractivity (Wildman–Crippen MR) is 188 cm³/mol. The van der Waals surface area contributed by atoms with E-state index >= 15 is 0 Å². The summed E-state index contributed by atoms with van der Waals surface area (Å²) in [5.74, 6) is 0.670. The SMILES string of the molecule is O=C(NCc1cccc(-c2ccc([C@@H]3O[C@H](CSc4nc5ccccc5s4)C[C@H](c4ccc(CO)cc4)O3)cc2)c1)c1ccccc1. The van der Waals surface area contributed by atoms with Gasteiger partial charge in [-0.15, -0.1) is 11.3 Å². The van der Waals surface area contributed by atoms with Crippen molar-refractivity contribution in [3.63, 3.8) is 0 Å². The van der Waals surface area contributed by atoms with Crippen molar-refractivity contribution in [1.29, 1.82) is 0 Å². The van der Waals surface area contributed by atoms with Gasteiger partial charge in [0, 0.05) is 29.8 Å². The molecule has 1 aliphatic heterocycles. The number of amides is 1. The lowest BCUT2D eigenvalue weighted by molar-refractivity contribution is -0.245. The fourth-order valence-electron chi connectivity index (χ4n) is 5.67. The van der Waals surface area contributed by atoms with Gasteiger partial charge in [-0.2, -0.15) is 0 Å². The quantitative estimate of drug-likeness (QED) is 0.143. The van der Waals surface area contributed by atoms with Crippen LogP contribution in [0.1, 0.15) is 51.4 Å². The molecule has 0 aliphatic carbocycles. The van der Waals surface area contributed by atoms with Crippen LogP contribution in [0.25, 0.3) is 21.3 Å². The van der Waals surface area contributed by atoms with Gasteiger partial charge in [-0.1, -0.05) is 109 Å². The number of thioether (sulfide) groups is 1. The Morgan fingerprint density at radius 2 is 1.57 bits per heavy atom. The number of nitrogens with one attached hydrogen (secondary N) is 1. The summed E-state index contributed by atoms with van der Waals surface area (Å²) >= 11 is 3.43. The van der Waals surface area contributed by atoms with E-state index in [0.29, 0.717) is 12.1 Å². The van der Waals surface area contributed by atoms with Gasteiger partial charge in [-0.25, -0.2) is 4.98 Å². The summed E-state index contributed by atoms with van der Waals surface area (Å²) in [4.78, 5) is 17.3. The maximum absolute atomic E-state index is 12.5. The van der Waals surface area contributed by atoms with Crippen LogP contribution >= 0.6 is 23.1 Å². The molecule has 1 saturated heterocycles. The molecule has 0 bridgehead atoms. The summed E-state index contributed by atoms with van der Waals surface area (Å²) in [6.07, 6.45) is -0.0000757. The van der Waals surface area contributed by atoms with Crippen molar-refractivity contribution in [3.8, 4) is 11.1 Å². The van der Waals surface area contributed by atoms with E-state index in [-0.39, 0.29) is 24.7 Å². The summed E-state index contributed by atoms with van der Waals surface area (Å²) in [7, 11) is 0. The van der Waals surface area contributed by atoms with E-state index in [2.05, 4.69) is 47.8 Å². The average Bonchev–Trinajstić information content (AvgIpc) is 3.57. The van der Waals surface area contributed by atoms with Crippen LogP contribution in [-0.4, -0.2) is 27.9 Å². The molecule has 47 heavy (non-hydrogen) atoms. The molecule has 0 spiro atoms. The van der Waals surface area contributed by atoms with Crippen LogP contribution in [0.4, 0.5) is 0 Å². The lowest BCUT2D eigenvalue weighted by atomic mass is 9.99. The summed E-state index contributed by atoms with van der Waals surface area (Å²) in [5.41, 5.74) is 7.73. The second-order valence-corrected chi connectivity index (χ2v) is 13.8. The number of carbonyl (C=O) groups is 1. The van der Waals surface area contributed by atoms with E-state index in [0.717, 1.165) is 55.4 Å². The van der Waals surface area contributed by atoms with Crippen molar-refractivity contribution in [1.82, 2.24) is 10.3 Å². The molecular formula is C39H34N2O4S2.